The number of halogens is 2. The molecule has 5 heavy (non-hydrogen) atoms. The van der Waals surface area contributed by atoms with Crippen LogP contribution in [-0.4, -0.2) is 8.41 Å². The molecule has 0 saturated carbocycles. The van der Waals surface area contributed by atoms with Gasteiger partial charge in [-0.1, -0.05) is 8.41 Å². The molecule has 24 valence electrons. The van der Waals surface area contributed by atoms with Crippen molar-refractivity contribution in [3.05, 3.63) is 0 Å². The predicted molar refractivity (Wildman–Crippen MR) is 29.2 cm³/mol. The van der Waals surface area contributed by atoms with Crippen molar-refractivity contribution in [2.75, 3.05) is 0 Å². The molecule has 0 aromatic carbocycles. The second-order valence-electron chi connectivity index (χ2n) is 0.101. The average molecular weight is 247 g/mol. The second-order valence-corrected chi connectivity index (χ2v) is 14.2. The summed E-state index contributed by atoms with van der Waals surface area (Å²) in [6, 6.07) is 0. The van der Waals surface area contributed by atoms with Crippen LogP contribution in [0.1, 0.15) is 0 Å². The number of hydrogen-bond donors (Lipinski definition) is 0. The number of rotatable bonds is 0. The number of hydrogen-bond acceptors (Lipinski definition) is 0. The molecule has 0 amide bonds. The molecule has 0 aliphatic heterocycles. The third kappa shape index (κ3) is 22.3. The molecule has 0 unspecified atom stereocenters. The molecule has 0 nitrogen and oxygen atoms in total. The molecular weight excluding hydrogens is 243 g/mol. The normalized spacial score (nSPS) is 2.00. The Bertz CT molecular complexity index is 9.61. The van der Waals surface area contributed by atoms with Gasteiger partial charge in [0.15, 0.2) is 0 Å². The Morgan fingerprint density at radius 2 is 1.20 bits per heavy atom. The van der Waals surface area contributed by atoms with E-state index in [-0.39, 0.29) is 40.5 Å². The molecule has 5 heteroatoms. The minimum atomic E-state index is -0.250. The zero-order chi connectivity index (χ0) is 2.71. The molecule has 0 heterocycles. The summed E-state index contributed by atoms with van der Waals surface area (Å²) in [6.07, 6.45) is 0. The Labute approximate surface area is 66.9 Å². The molecule has 0 N–H and O–H groups in total. The minimum absolute atomic E-state index is 0. The Morgan fingerprint density at radius 3 is 1.20 bits per heavy atom. The third-order valence-electron chi connectivity index (χ3n) is 0. The van der Waals surface area contributed by atoms with Gasteiger partial charge in [-0.2, -0.15) is 0 Å². The van der Waals surface area contributed by atoms with Gasteiger partial charge in [-0.3, -0.25) is 0 Å². The van der Waals surface area contributed by atoms with Crippen LogP contribution in [-0.2, 0) is 13.2 Å². The maximum Gasteiger partial charge on any atom is 1.00 e. The molecule has 0 radical (unpaired) electrons. The van der Waals surface area contributed by atoms with Gasteiger partial charge in [0.25, 0.3) is 0 Å². The first kappa shape index (κ1) is 15.7. The summed E-state index contributed by atoms with van der Waals surface area (Å²) in [5.74, 6) is 0. The van der Waals surface area contributed by atoms with Crippen LogP contribution in [0.2, 0.25) is 0 Å². The van der Waals surface area contributed by atoms with Crippen LogP contribution < -0.4 is 18.9 Å². The topological polar surface area (TPSA) is 0 Å². The van der Waals surface area contributed by atoms with E-state index in [0.29, 0.717) is 0 Å². The van der Waals surface area contributed by atoms with Crippen LogP contribution in [0.15, 0.2) is 0 Å². The van der Waals surface area contributed by atoms with Gasteiger partial charge in [0.1, 0.15) is 0 Å². The van der Waals surface area contributed by atoms with E-state index >= 15 is 0 Å². The summed E-state index contributed by atoms with van der Waals surface area (Å²) in [5.41, 5.74) is 0. The summed E-state index contributed by atoms with van der Waals surface area (Å²) in [5, 5.41) is 0. The first-order valence-corrected chi connectivity index (χ1v) is 14.4. The molecular formula is H4BBr2LiZn. The maximum atomic E-state index is 3.25. The Hall–Kier alpha value is 2.25. The third-order valence-corrected chi connectivity index (χ3v) is 0. The van der Waals surface area contributed by atoms with E-state index in [1.165, 1.54) is 0 Å². The van der Waals surface area contributed by atoms with Crippen LogP contribution in [0.4, 0.5) is 0 Å². The average Bonchev–Trinajstić information content (AvgIpc) is 0.918. The fraction of sp³-hybridized carbons (Fsp3) is 0. The molecule has 0 aromatic heterocycles. The van der Waals surface area contributed by atoms with E-state index in [1.807, 2.05) is 0 Å². The molecule has 0 rings (SSSR count). The summed E-state index contributed by atoms with van der Waals surface area (Å²) < 4.78 is 0. The van der Waals surface area contributed by atoms with E-state index in [9.17, 15) is 0 Å². The van der Waals surface area contributed by atoms with Crippen molar-refractivity contribution in [2.24, 2.45) is 0 Å². The van der Waals surface area contributed by atoms with Gasteiger partial charge >= 0.3 is 59.3 Å². The van der Waals surface area contributed by atoms with E-state index in [0.717, 1.165) is 0 Å². The van der Waals surface area contributed by atoms with Crippen LogP contribution in [0, 0.1) is 0 Å². The Balaban J connectivity index is -0.0000000200. The summed E-state index contributed by atoms with van der Waals surface area (Å²) in [4.78, 5) is 0. The zero-order valence-corrected chi connectivity index (χ0v) is 8.60. The quantitative estimate of drug-likeness (QED) is 0.407. The standard InChI is InChI=1S/BH4.2BrH.Li.Zn/h1H4;2*1H;;/q-1;;;+1;+2/p-2. The van der Waals surface area contributed by atoms with Gasteiger partial charge in [0, 0.05) is 0 Å². The largest absolute Gasteiger partial charge is 1.00 e. The molecule has 0 spiro atoms. The van der Waals surface area contributed by atoms with Gasteiger partial charge in [-0.15, -0.1) is 0 Å². The fourth-order valence-corrected chi connectivity index (χ4v) is 0. The fourth-order valence-electron chi connectivity index (χ4n) is 0. The van der Waals surface area contributed by atoms with Crippen molar-refractivity contribution < 1.29 is 32.1 Å². The summed E-state index contributed by atoms with van der Waals surface area (Å²) >= 11 is 6.25. The molecule has 0 fully saturated rings. The Kier molecular flexibility index (Phi) is 51.2. The molecule has 0 bridgehead atoms. The maximum absolute atomic E-state index is 3.25. The molecule has 0 aliphatic carbocycles. The van der Waals surface area contributed by atoms with Gasteiger partial charge in [-0.05, 0) is 0 Å². The Morgan fingerprint density at radius 1 is 1.20 bits per heavy atom. The molecule has 0 atom stereocenters. The smallest absolute Gasteiger partial charge is 1.00 e. The zero-order valence-electron chi connectivity index (χ0n) is 2.46. The van der Waals surface area contributed by atoms with Crippen molar-refractivity contribution >= 4 is 35.7 Å². The SMILES string of the molecule is [BH4-].[Br][Zn][Br].[Li+]. The van der Waals surface area contributed by atoms with Crippen molar-refractivity contribution in [3.8, 4) is 0 Å². The molecule has 0 aromatic rings. The van der Waals surface area contributed by atoms with Crippen LogP contribution in [0.25, 0.3) is 0 Å². The van der Waals surface area contributed by atoms with E-state index in [2.05, 4.69) is 27.2 Å². The van der Waals surface area contributed by atoms with Crippen molar-refractivity contribution in [1.82, 2.24) is 0 Å². The van der Waals surface area contributed by atoms with Gasteiger partial charge < -0.3 is 0 Å². The van der Waals surface area contributed by atoms with Crippen LogP contribution in [0.3, 0.4) is 0 Å². The summed E-state index contributed by atoms with van der Waals surface area (Å²) in [6.45, 7) is 0. The van der Waals surface area contributed by atoms with Crippen molar-refractivity contribution in [3.63, 3.8) is 0 Å². The predicted octanol–water partition coefficient (Wildman–Crippen LogP) is -2.76. The van der Waals surface area contributed by atoms with Gasteiger partial charge in [-0.25, -0.2) is 0 Å². The van der Waals surface area contributed by atoms with Gasteiger partial charge in [0.2, 0.25) is 0 Å². The summed E-state index contributed by atoms with van der Waals surface area (Å²) in [7, 11) is 0. The monoisotopic (exact) mass is 244 g/mol. The van der Waals surface area contributed by atoms with Crippen LogP contribution >= 0.6 is 27.2 Å². The van der Waals surface area contributed by atoms with Crippen LogP contribution in [0.5, 0.6) is 0 Å². The minimum Gasteiger partial charge on any atom is 1.00 e. The second kappa shape index (κ2) is 16.3. The molecule has 0 aliphatic rings. The molecule has 0 saturated heterocycles. The van der Waals surface area contributed by atoms with E-state index in [4.69, 9.17) is 0 Å². The first-order chi connectivity index (χ1) is 1.41. The first-order valence-electron chi connectivity index (χ1n) is 0.535. The van der Waals surface area contributed by atoms with E-state index < -0.39 is 0 Å². The van der Waals surface area contributed by atoms with Gasteiger partial charge in [0.05, 0.1) is 0 Å². The van der Waals surface area contributed by atoms with Crippen molar-refractivity contribution in [1.29, 1.82) is 0 Å². The van der Waals surface area contributed by atoms with Crippen molar-refractivity contribution in [2.45, 2.75) is 0 Å². The van der Waals surface area contributed by atoms with E-state index in [1.54, 1.807) is 0 Å².